The van der Waals surface area contributed by atoms with Gasteiger partial charge in [-0.15, -0.1) is 0 Å². The van der Waals surface area contributed by atoms with Crippen molar-refractivity contribution in [2.24, 2.45) is 0 Å². The summed E-state index contributed by atoms with van der Waals surface area (Å²) in [4.78, 5) is 4.12. The molecule has 3 nitrogen and oxygen atoms in total. The molecule has 0 fully saturated rings. The molecule has 1 unspecified atom stereocenters. The Hall–Kier alpha value is -0.900. The third-order valence-electron chi connectivity index (χ3n) is 2.67. The topological polar surface area (TPSA) is 38.1 Å². The van der Waals surface area contributed by atoms with Crippen molar-refractivity contribution in [3.63, 3.8) is 0 Å². The fourth-order valence-corrected chi connectivity index (χ4v) is 2.22. The second-order valence-electron chi connectivity index (χ2n) is 4.25. The van der Waals surface area contributed by atoms with E-state index in [4.69, 9.17) is 39.2 Å². The van der Waals surface area contributed by atoms with Gasteiger partial charge in [0.25, 0.3) is 0 Å². The number of furan rings is 1. The van der Waals surface area contributed by atoms with Gasteiger partial charge in [-0.1, -0.05) is 34.8 Å². The van der Waals surface area contributed by atoms with Crippen LogP contribution >= 0.6 is 34.8 Å². The zero-order chi connectivity index (χ0) is 13.8. The lowest BCUT2D eigenvalue weighted by Crippen LogP contribution is -2.17. The number of hydrogen-bond donors (Lipinski definition) is 1. The Bertz CT molecular complexity index is 543. The first-order valence-electron chi connectivity index (χ1n) is 5.86. The molecule has 0 aliphatic heterocycles. The van der Waals surface area contributed by atoms with E-state index in [0.717, 1.165) is 18.6 Å². The van der Waals surface area contributed by atoms with E-state index in [1.807, 2.05) is 19.1 Å². The van der Waals surface area contributed by atoms with Crippen molar-refractivity contribution >= 4 is 40.6 Å². The van der Waals surface area contributed by atoms with E-state index in [0.29, 0.717) is 15.9 Å². The maximum Gasteiger partial charge on any atom is 0.150 e. The quantitative estimate of drug-likeness (QED) is 0.782. The summed E-state index contributed by atoms with van der Waals surface area (Å²) in [7, 11) is 0. The summed E-state index contributed by atoms with van der Waals surface area (Å²) in [5.41, 5.74) is 0. The Morgan fingerprint density at radius 1 is 1.32 bits per heavy atom. The van der Waals surface area contributed by atoms with Crippen LogP contribution in [-0.4, -0.2) is 11.0 Å². The second kappa shape index (κ2) is 6.51. The van der Waals surface area contributed by atoms with Gasteiger partial charge in [-0.2, -0.15) is 0 Å². The van der Waals surface area contributed by atoms with Gasteiger partial charge < -0.3 is 9.73 Å². The largest absolute Gasteiger partial charge is 0.469 e. The minimum Gasteiger partial charge on any atom is -0.469 e. The van der Waals surface area contributed by atoms with E-state index in [1.54, 1.807) is 12.3 Å². The molecule has 0 saturated heterocycles. The van der Waals surface area contributed by atoms with Crippen molar-refractivity contribution in [2.45, 2.75) is 25.8 Å². The number of halogens is 3. The van der Waals surface area contributed by atoms with Crippen LogP contribution in [0.15, 0.2) is 28.9 Å². The second-order valence-corrected chi connectivity index (χ2v) is 5.43. The Morgan fingerprint density at radius 3 is 2.79 bits per heavy atom. The lowest BCUT2D eigenvalue weighted by molar-refractivity contribution is 0.495. The number of aryl methyl sites for hydroxylation is 1. The molecule has 6 heteroatoms. The molecule has 1 N–H and O–H groups in total. The zero-order valence-electron chi connectivity index (χ0n) is 10.3. The van der Waals surface area contributed by atoms with Crippen LogP contribution in [0, 0.1) is 0 Å². The molecule has 0 saturated carbocycles. The summed E-state index contributed by atoms with van der Waals surface area (Å²) < 4.78 is 5.28. The smallest absolute Gasteiger partial charge is 0.150 e. The van der Waals surface area contributed by atoms with Crippen molar-refractivity contribution in [2.75, 3.05) is 5.32 Å². The molecule has 0 radical (unpaired) electrons. The van der Waals surface area contributed by atoms with Crippen LogP contribution in [0.1, 0.15) is 19.1 Å². The Labute approximate surface area is 126 Å². The average Bonchev–Trinajstić information content (AvgIpc) is 2.86. The number of aromatic nitrogens is 1. The molecule has 2 heterocycles. The molecule has 102 valence electrons. The van der Waals surface area contributed by atoms with Crippen molar-refractivity contribution in [3.8, 4) is 0 Å². The predicted molar refractivity (Wildman–Crippen MR) is 79.4 cm³/mol. The van der Waals surface area contributed by atoms with Crippen molar-refractivity contribution in [1.29, 1.82) is 0 Å². The third kappa shape index (κ3) is 4.03. The molecular formula is C13H13Cl3N2O. The number of hydrogen-bond acceptors (Lipinski definition) is 3. The van der Waals surface area contributed by atoms with E-state index in [9.17, 15) is 0 Å². The molecule has 2 aromatic rings. The first-order valence-corrected chi connectivity index (χ1v) is 7.00. The molecule has 0 spiro atoms. The molecular weight excluding hydrogens is 307 g/mol. The lowest BCUT2D eigenvalue weighted by atomic mass is 10.1. The summed E-state index contributed by atoms with van der Waals surface area (Å²) in [5, 5.41) is 4.26. The minimum absolute atomic E-state index is 0.187. The Balaban J connectivity index is 1.95. The fourth-order valence-electron chi connectivity index (χ4n) is 1.66. The van der Waals surface area contributed by atoms with Gasteiger partial charge in [0, 0.05) is 12.5 Å². The van der Waals surface area contributed by atoms with Gasteiger partial charge in [-0.25, -0.2) is 4.98 Å². The monoisotopic (exact) mass is 318 g/mol. The molecule has 19 heavy (non-hydrogen) atoms. The fraction of sp³-hybridized carbons (Fsp3) is 0.308. The van der Waals surface area contributed by atoms with Crippen LogP contribution in [0.4, 0.5) is 5.82 Å². The molecule has 0 aromatic carbocycles. The van der Waals surface area contributed by atoms with Gasteiger partial charge in [0.1, 0.15) is 16.7 Å². The SMILES string of the molecule is CC(CCc1ccco1)Nc1nc(Cl)c(Cl)cc1Cl. The standard InChI is InChI=1S/C13H13Cl3N2O/c1-8(4-5-9-3-2-6-19-9)17-13-11(15)7-10(14)12(16)18-13/h2-3,6-8H,4-5H2,1H3,(H,17,18). The van der Waals surface area contributed by atoms with Gasteiger partial charge in [-0.05, 0) is 31.5 Å². The molecule has 2 rings (SSSR count). The normalized spacial score (nSPS) is 12.4. The highest BCUT2D eigenvalue weighted by Gasteiger charge is 2.11. The minimum atomic E-state index is 0.187. The zero-order valence-corrected chi connectivity index (χ0v) is 12.6. The molecule has 2 aromatic heterocycles. The molecule has 1 atom stereocenters. The lowest BCUT2D eigenvalue weighted by Gasteiger charge is -2.15. The van der Waals surface area contributed by atoms with Gasteiger partial charge in [0.05, 0.1) is 16.3 Å². The van der Waals surface area contributed by atoms with E-state index >= 15 is 0 Å². The molecule has 0 aliphatic rings. The summed E-state index contributed by atoms with van der Waals surface area (Å²) in [6, 6.07) is 5.61. The van der Waals surface area contributed by atoms with Crippen molar-refractivity contribution in [1.82, 2.24) is 4.98 Å². The average molecular weight is 320 g/mol. The van der Waals surface area contributed by atoms with Crippen molar-refractivity contribution < 1.29 is 4.42 Å². The van der Waals surface area contributed by atoms with E-state index in [-0.39, 0.29) is 11.2 Å². The first-order chi connectivity index (χ1) is 9.06. The van der Waals surface area contributed by atoms with Gasteiger partial charge in [0.15, 0.2) is 0 Å². The Morgan fingerprint density at radius 2 is 2.11 bits per heavy atom. The van der Waals surface area contributed by atoms with Crippen molar-refractivity contribution in [3.05, 3.63) is 45.4 Å². The van der Waals surface area contributed by atoms with Crippen LogP contribution in [0.3, 0.4) is 0 Å². The number of nitrogens with one attached hydrogen (secondary N) is 1. The van der Waals surface area contributed by atoms with Crippen LogP contribution in [0.2, 0.25) is 15.2 Å². The van der Waals surface area contributed by atoms with Gasteiger partial charge in [-0.3, -0.25) is 0 Å². The third-order valence-corrected chi connectivity index (χ3v) is 3.63. The number of pyridine rings is 1. The highest BCUT2D eigenvalue weighted by Crippen LogP contribution is 2.29. The molecule has 0 bridgehead atoms. The maximum absolute atomic E-state index is 6.06. The molecule has 0 aliphatic carbocycles. The predicted octanol–water partition coefficient (Wildman–Crippen LogP) is 5.07. The van der Waals surface area contributed by atoms with E-state index in [1.165, 1.54) is 0 Å². The number of anilines is 1. The van der Waals surface area contributed by atoms with Gasteiger partial charge >= 0.3 is 0 Å². The summed E-state index contributed by atoms with van der Waals surface area (Å²) in [6.45, 7) is 2.05. The van der Waals surface area contributed by atoms with Gasteiger partial charge in [0.2, 0.25) is 0 Å². The van der Waals surface area contributed by atoms with Crippen LogP contribution in [0.25, 0.3) is 0 Å². The first kappa shape index (κ1) is 14.5. The van der Waals surface area contributed by atoms with E-state index < -0.39 is 0 Å². The summed E-state index contributed by atoms with van der Waals surface area (Å²) >= 11 is 17.8. The highest BCUT2D eigenvalue weighted by atomic mass is 35.5. The van der Waals surface area contributed by atoms with E-state index in [2.05, 4.69) is 10.3 Å². The maximum atomic E-state index is 6.06. The number of rotatable bonds is 5. The van der Waals surface area contributed by atoms with Crippen LogP contribution < -0.4 is 5.32 Å². The highest BCUT2D eigenvalue weighted by molar-refractivity contribution is 6.42. The summed E-state index contributed by atoms with van der Waals surface area (Å²) in [5.74, 6) is 1.50. The van der Waals surface area contributed by atoms with Crippen LogP contribution in [0.5, 0.6) is 0 Å². The molecule has 0 amide bonds. The summed E-state index contributed by atoms with van der Waals surface area (Å²) in [6.07, 6.45) is 3.41. The Kier molecular flexibility index (Phi) is 4.97. The number of nitrogens with zero attached hydrogens (tertiary/aromatic N) is 1. The van der Waals surface area contributed by atoms with Crippen LogP contribution in [-0.2, 0) is 6.42 Å².